The fourth-order valence-electron chi connectivity index (χ4n) is 6.80. The molecule has 0 fully saturated rings. The van der Waals surface area contributed by atoms with Crippen LogP contribution in [0.2, 0.25) is 0 Å². The molecule has 3 heterocycles. The first-order valence-electron chi connectivity index (χ1n) is 14.3. The molecule has 1 aliphatic rings. The molecule has 0 radical (unpaired) electrons. The summed E-state index contributed by atoms with van der Waals surface area (Å²) in [6.45, 7) is 0. The van der Waals surface area contributed by atoms with Crippen LogP contribution in [0, 0.1) is 0 Å². The van der Waals surface area contributed by atoms with Gasteiger partial charge in [0.1, 0.15) is 22.3 Å². The van der Waals surface area contributed by atoms with Gasteiger partial charge in [-0.05, 0) is 80.9 Å². The molecule has 0 saturated carbocycles. The summed E-state index contributed by atoms with van der Waals surface area (Å²) in [5.74, 6) is 0.0147. The zero-order valence-electron chi connectivity index (χ0n) is 23.0. The van der Waals surface area contributed by atoms with Gasteiger partial charge in [-0.3, -0.25) is 0 Å². The maximum atomic E-state index is 13.3. The van der Waals surface area contributed by atoms with Gasteiger partial charge in [0.25, 0.3) is 0 Å². The Labute approximate surface area is 247 Å². The van der Waals surface area contributed by atoms with Gasteiger partial charge < -0.3 is 8.83 Å². The normalized spacial score (nSPS) is 14.2. The third kappa shape index (κ3) is 3.78. The van der Waals surface area contributed by atoms with Gasteiger partial charge in [-0.2, -0.15) is 0 Å². The van der Waals surface area contributed by atoms with Gasteiger partial charge in [0.15, 0.2) is 9.84 Å². The van der Waals surface area contributed by atoms with Crippen LogP contribution in [0.5, 0.6) is 0 Å². The highest BCUT2D eigenvalue weighted by Gasteiger charge is 2.25. The van der Waals surface area contributed by atoms with Crippen molar-refractivity contribution in [2.75, 3.05) is 0 Å². The first kappa shape index (κ1) is 24.5. The van der Waals surface area contributed by atoms with Gasteiger partial charge in [0.05, 0.1) is 11.5 Å². The lowest BCUT2D eigenvalue weighted by Crippen LogP contribution is -2.05. The molecule has 0 amide bonds. The number of fused-ring (bicyclic) bond motifs is 9. The molecule has 0 bridgehead atoms. The standard InChI is InChI=1S/C38H24O4S/c39-43(40)21-25-17-15-23(27-9-5-13-35-37(27)29-7-1-3-11-33(29)41-35)19-31(25)32-20-24(16-18-26(32)22-43)28-10-6-14-36-38(28)30-8-2-4-12-34(30)42-36/h1-20H,21-22H2. The van der Waals surface area contributed by atoms with Crippen LogP contribution in [0.3, 0.4) is 0 Å². The predicted molar refractivity (Wildman–Crippen MR) is 174 cm³/mol. The smallest absolute Gasteiger partial charge is 0.158 e. The molecule has 8 aromatic rings. The van der Waals surface area contributed by atoms with Gasteiger partial charge in [-0.15, -0.1) is 0 Å². The molecule has 43 heavy (non-hydrogen) atoms. The lowest BCUT2D eigenvalue weighted by molar-refractivity contribution is 0.595. The number of benzene rings is 6. The van der Waals surface area contributed by atoms with E-state index < -0.39 is 9.84 Å². The zero-order valence-corrected chi connectivity index (χ0v) is 23.8. The lowest BCUT2D eigenvalue weighted by atomic mass is 9.89. The zero-order chi connectivity index (χ0) is 28.7. The van der Waals surface area contributed by atoms with Gasteiger partial charge >= 0.3 is 0 Å². The maximum absolute atomic E-state index is 13.3. The van der Waals surface area contributed by atoms with E-state index in [1.807, 2.05) is 84.9 Å². The number of rotatable bonds is 2. The molecular formula is C38H24O4S. The third-order valence-corrected chi connectivity index (χ3v) is 10.2. The van der Waals surface area contributed by atoms with Gasteiger partial charge in [0, 0.05) is 21.5 Å². The van der Waals surface area contributed by atoms with Crippen LogP contribution < -0.4 is 0 Å². The average Bonchev–Trinajstić information content (AvgIpc) is 3.56. The summed E-state index contributed by atoms with van der Waals surface area (Å²) in [5, 5.41) is 4.25. The van der Waals surface area contributed by atoms with Crippen LogP contribution in [0.25, 0.3) is 77.3 Å². The van der Waals surface area contributed by atoms with E-state index in [1.165, 1.54) is 0 Å². The largest absolute Gasteiger partial charge is 0.456 e. The van der Waals surface area contributed by atoms with Gasteiger partial charge in [-0.1, -0.05) is 84.9 Å². The molecule has 1 aliphatic heterocycles. The Balaban J connectivity index is 1.29. The molecule has 0 aliphatic carbocycles. The lowest BCUT2D eigenvalue weighted by Gasteiger charge is -2.14. The fraction of sp³-hybridized carbons (Fsp3) is 0.0526. The van der Waals surface area contributed by atoms with E-state index in [2.05, 4.69) is 36.4 Å². The second-order valence-electron chi connectivity index (χ2n) is 11.3. The maximum Gasteiger partial charge on any atom is 0.158 e. The fourth-order valence-corrected chi connectivity index (χ4v) is 8.35. The molecule has 0 atom stereocenters. The minimum atomic E-state index is -3.34. The highest BCUT2D eigenvalue weighted by molar-refractivity contribution is 7.89. The molecule has 5 heteroatoms. The van der Waals surface area contributed by atoms with E-state index >= 15 is 0 Å². The Morgan fingerprint density at radius 2 is 0.884 bits per heavy atom. The Kier molecular flexibility index (Phi) is 5.08. The van der Waals surface area contributed by atoms with Gasteiger partial charge in [0.2, 0.25) is 0 Å². The van der Waals surface area contributed by atoms with Crippen molar-refractivity contribution >= 4 is 53.7 Å². The minimum absolute atomic E-state index is 0.00736. The van der Waals surface area contributed by atoms with E-state index in [0.29, 0.717) is 0 Å². The van der Waals surface area contributed by atoms with E-state index in [9.17, 15) is 8.42 Å². The number of sulfone groups is 1. The monoisotopic (exact) mass is 576 g/mol. The SMILES string of the molecule is O=S1(=O)Cc2ccc(-c3cccc4oc5ccccc5c34)cc2-c2cc(-c3cccc4oc5ccccc5c34)ccc2C1. The van der Waals surface area contributed by atoms with Crippen molar-refractivity contribution in [2.24, 2.45) is 0 Å². The number of para-hydroxylation sites is 2. The molecule has 4 nitrogen and oxygen atoms in total. The second kappa shape index (κ2) is 8.93. The Bertz CT molecular complexity index is 2360. The molecule has 0 unspecified atom stereocenters. The van der Waals surface area contributed by atoms with E-state index in [-0.39, 0.29) is 11.5 Å². The number of hydrogen-bond donors (Lipinski definition) is 0. The van der Waals surface area contributed by atoms with Crippen LogP contribution in [0.4, 0.5) is 0 Å². The topological polar surface area (TPSA) is 60.4 Å². The Morgan fingerprint density at radius 1 is 0.442 bits per heavy atom. The van der Waals surface area contributed by atoms with E-state index in [4.69, 9.17) is 8.83 Å². The van der Waals surface area contributed by atoms with Crippen LogP contribution in [0.1, 0.15) is 11.1 Å². The molecule has 9 rings (SSSR count). The highest BCUT2D eigenvalue weighted by Crippen LogP contribution is 2.43. The first-order chi connectivity index (χ1) is 21.0. The third-order valence-electron chi connectivity index (χ3n) is 8.69. The van der Waals surface area contributed by atoms with Gasteiger partial charge in [-0.25, -0.2) is 8.42 Å². The predicted octanol–water partition coefficient (Wildman–Crippen LogP) is 9.91. The summed E-state index contributed by atoms with van der Waals surface area (Å²) < 4.78 is 38.8. The molecule has 6 aromatic carbocycles. The molecular weight excluding hydrogens is 552 g/mol. The van der Waals surface area contributed by atoms with Crippen molar-refractivity contribution in [2.45, 2.75) is 11.5 Å². The molecule has 206 valence electrons. The number of hydrogen-bond acceptors (Lipinski definition) is 4. The van der Waals surface area contributed by atoms with Crippen LogP contribution >= 0.6 is 0 Å². The van der Waals surface area contributed by atoms with Crippen LogP contribution in [0.15, 0.2) is 130 Å². The van der Waals surface area contributed by atoms with Crippen LogP contribution in [-0.4, -0.2) is 8.42 Å². The summed E-state index contributed by atoms with van der Waals surface area (Å²) in [7, 11) is -3.34. The number of furan rings is 2. The summed E-state index contributed by atoms with van der Waals surface area (Å²) in [4.78, 5) is 0. The highest BCUT2D eigenvalue weighted by atomic mass is 32.2. The van der Waals surface area contributed by atoms with Crippen molar-refractivity contribution in [3.63, 3.8) is 0 Å². The van der Waals surface area contributed by atoms with E-state index in [1.54, 1.807) is 0 Å². The van der Waals surface area contributed by atoms with Crippen molar-refractivity contribution in [1.29, 1.82) is 0 Å². The summed E-state index contributed by atoms with van der Waals surface area (Å²) >= 11 is 0. The second-order valence-corrected chi connectivity index (χ2v) is 13.4. The van der Waals surface area contributed by atoms with E-state index in [0.717, 1.165) is 88.4 Å². The molecule has 0 spiro atoms. The Hall–Kier alpha value is -5.13. The summed E-state index contributed by atoms with van der Waals surface area (Å²) in [5.41, 5.74) is 11.1. The van der Waals surface area contributed by atoms with Crippen molar-refractivity contribution in [1.82, 2.24) is 0 Å². The van der Waals surface area contributed by atoms with Crippen molar-refractivity contribution in [3.05, 3.63) is 132 Å². The van der Waals surface area contributed by atoms with Crippen molar-refractivity contribution in [3.8, 4) is 33.4 Å². The van der Waals surface area contributed by atoms with Crippen molar-refractivity contribution < 1.29 is 17.3 Å². The quantitative estimate of drug-likeness (QED) is 0.205. The molecule has 0 saturated heterocycles. The molecule has 0 N–H and O–H groups in total. The van der Waals surface area contributed by atoms with Crippen LogP contribution in [-0.2, 0) is 21.3 Å². The molecule has 2 aromatic heterocycles. The Morgan fingerprint density at radius 3 is 1.37 bits per heavy atom. The summed E-state index contributed by atoms with van der Waals surface area (Å²) in [6.07, 6.45) is 0. The first-order valence-corrected chi connectivity index (χ1v) is 16.1. The summed E-state index contributed by atoms with van der Waals surface area (Å²) in [6, 6.07) is 40.8. The average molecular weight is 577 g/mol. The minimum Gasteiger partial charge on any atom is -0.456 e.